The molecule has 0 aliphatic heterocycles. The Labute approximate surface area is 333 Å². The van der Waals surface area contributed by atoms with Crippen LogP contribution in [-0.2, 0) is 52.6 Å². The van der Waals surface area contributed by atoms with Crippen molar-refractivity contribution in [1.82, 2.24) is 26.7 Å². The van der Waals surface area contributed by atoms with E-state index in [1.807, 2.05) is 13.8 Å². The van der Waals surface area contributed by atoms with Gasteiger partial charge < -0.3 is 35.5 Å². The highest BCUT2D eigenvalue weighted by Crippen LogP contribution is 2.09. The fourth-order valence-electron chi connectivity index (χ4n) is 3.50. The maximum absolute atomic E-state index is 12.7. The molecule has 0 aromatic carbocycles. The topological polar surface area (TPSA) is 217 Å². The van der Waals surface area contributed by atoms with Crippen molar-refractivity contribution in [3.8, 4) is 0 Å². The van der Waals surface area contributed by atoms with Gasteiger partial charge in [0.15, 0.2) is 0 Å². The molecule has 0 aromatic rings. The van der Waals surface area contributed by atoms with E-state index in [9.17, 15) is 33.6 Å². The minimum Gasteiger partial charge on any atom is -0.426 e. The first kappa shape index (κ1) is 83.4. The van der Waals surface area contributed by atoms with Crippen LogP contribution in [-0.4, -0.2) is 100 Å². The van der Waals surface area contributed by atoms with Crippen LogP contribution in [0, 0.1) is 11.8 Å². The fourth-order valence-corrected chi connectivity index (χ4v) is 3.50. The van der Waals surface area contributed by atoms with Gasteiger partial charge in [-0.3, -0.25) is 28.8 Å². The second-order valence-electron chi connectivity index (χ2n) is 10.6. The number of nitrogens with one attached hydrogen (secondary N) is 5. The van der Waals surface area contributed by atoms with Crippen molar-refractivity contribution in [2.24, 2.45) is 11.8 Å². The monoisotopic (exact) mass is 794 g/mol. The van der Waals surface area contributed by atoms with Gasteiger partial charge in [0.05, 0.1) is 19.6 Å². The van der Waals surface area contributed by atoms with E-state index in [1.165, 1.54) is 21.1 Å². The smallest absolute Gasteiger partial charge is 0.331 e. The first-order valence-corrected chi connectivity index (χ1v) is 14.0. The standard InChI is InChI=1S/C27H47N5O11.11CH4/c1-16(2)10-19(30-23(35)12-18(5)33)26(38)41-15-42-27(39)20(11-17(3)4)31-24(36)13-22(34)29-14-21(28-6)25(37)32-43-9-8-40-7;;;;;;;;;;;/h16-17,19-21,28H,8-15H2,1-7H3,(H,29,34)(H,30,35)(H,31,36)(H,32,37);11*1H4. The summed E-state index contributed by atoms with van der Waals surface area (Å²) in [5.74, 6) is -4.80. The van der Waals surface area contributed by atoms with Crippen molar-refractivity contribution in [2.45, 2.75) is 160 Å². The number of carbonyl (C=O) groups excluding carboxylic acids is 7. The molecule has 0 rings (SSSR count). The van der Waals surface area contributed by atoms with Gasteiger partial charge in [0, 0.05) is 13.7 Å². The number of hydrogen-bond donors (Lipinski definition) is 5. The highest BCUT2D eigenvalue weighted by molar-refractivity contribution is 5.99. The number of hydrogen-bond acceptors (Lipinski definition) is 12. The lowest BCUT2D eigenvalue weighted by Gasteiger charge is -2.21. The summed E-state index contributed by atoms with van der Waals surface area (Å²) < 4.78 is 14.9. The predicted octanol–water partition coefficient (Wildman–Crippen LogP) is 5.86. The molecule has 0 aliphatic carbocycles. The summed E-state index contributed by atoms with van der Waals surface area (Å²) in [6.07, 6.45) is -0.619. The molecule has 16 heteroatoms. The maximum atomic E-state index is 12.7. The van der Waals surface area contributed by atoms with Crippen LogP contribution >= 0.6 is 0 Å². The van der Waals surface area contributed by atoms with Gasteiger partial charge in [0.25, 0.3) is 5.91 Å². The molecule has 16 nitrogen and oxygen atoms in total. The molecule has 3 unspecified atom stereocenters. The van der Waals surface area contributed by atoms with Gasteiger partial charge in [-0.1, -0.05) is 109 Å². The Bertz CT molecular complexity index is 949. The summed E-state index contributed by atoms with van der Waals surface area (Å²) in [6, 6.07) is -3.03. The molecule has 0 bridgehead atoms. The van der Waals surface area contributed by atoms with Gasteiger partial charge in [-0.15, -0.1) is 0 Å². The quantitative estimate of drug-likeness (QED) is 0.0287. The summed E-state index contributed by atoms with van der Waals surface area (Å²) in [7, 11) is 2.99. The Balaban J connectivity index is -0.000000160. The van der Waals surface area contributed by atoms with Crippen LogP contribution in [0.3, 0.4) is 0 Å². The highest BCUT2D eigenvalue weighted by Gasteiger charge is 2.27. The third-order valence-corrected chi connectivity index (χ3v) is 5.52. The molecule has 0 aromatic heterocycles. The first-order valence-electron chi connectivity index (χ1n) is 14.0. The normalized spacial score (nSPS) is 10.3. The molecule has 0 saturated heterocycles. The summed E-state index contributed by atoms with van der Waals surface area (Å²) in [5, 5.41) is 10.1. The highest BCUT2D eigenvalue weighted by atomic mass is 16.7. The lowest BCUT2D eigenvalue weighted by Crippen LogP contribution is -2.50. The number of likely N-dealkylation sites (N-methyl/N-ethyl adjacent to an activating group) is 1. The Morgan fingerprint density at radius 3 is 1.33 bits per heavy atom. The average Bonchev–Trinajstić information content (AvgIpc) is 2.89. The molecule has 334 valence electrons. The van der Waals surface area contributed by atoms with Crippen LogP contribution in [0.1, 0.15) is 142 Å². The molecule has 0 heterocycles. The lowest BCUT2D eigenvalue weighted by atomic mass is 10.0. The number of ketones is 1. The average molecular weight is 794 g/mol. The van der Waals surface area contributed by atoms with Gasteiger partial charge in [-0.2, -0.15) is 0 Å². The molecule has 4 amide bonds. The van der Waals surface area contributed by atoms with Crippen LogP contribution in [0.2, 0.25) is 0 Å². The van der Waals surface area contributed by atoms with E-state index in [1.54, 1.807) is 13.8 Å². The molecule has 3 atom stereocenters. The van der Waals surface area contributed by atoms with E-state index in [-0.39, 0.29) is 138 Å². The van der Waals surface area contributed by atoms with E-state index in [0.29, 0.717) is 0 Å². The van der Waals surface area contributed by atoms with Crippen LogP contribution < -0.4 is 26.7 Å². The molecular formula is C38H91N5O11. The van der Waals surface area contributed by atoms with E-state index >= 15 is 0 Å². The molecular weight excluding hydrogens is 702 g/mol. The summed E-state index contributed by atoms with van der Waals surface area (Å²) in [5.41, 5.74) is 2.22. The second-order valence-corrected chi connectivity index (χ2v) is 10.6. The molecule has 0 saturated carbocycles. The first-order chi connectivity index (χ1) is 20.2. The van der Waals surface area contributed by atoms with E-state index in [2.05, 4.69) is 26.7 Å². The van der Waals surface area contributed by atoms with Crippen LogP contribution in [0.5, 0.6) is 0 Å². The number of esters is 2. The van der Waals surface area contributed by atoms with Gasteiger partial charge in [0.1, 0.15) is 30.3 Å². The Morgan fingerprint density at radius 2 is 0.981 bits per heavy atom. The molecule has 5 N–H and O–H groups in total. The van der Waals surface area contributed by atoms with Gasteiger partial charge in [0.2, 0.25) is 24.5 Å². The molecule has 0 fully saturated rings. The van der Waals surface area contributed by atoms with Crippen molar-refractivity contribution < 1.29 is 52.6 Å². The van der Waals surface area contributed by atoms with Gasteiger partial charge in [-0.05, 0) is 38.6 Å². The van der Waals surface area contributed by atoms with Crippen LogP contribution in [0.4, 0.5) is 0 Å². The van der Waals surface area contributed by atoms with Crippen LogP contribution in [0.15, 0.2) is 0 Å². The Kier molecular flexibility index (Phi) is 73.2. The maximum Gasteiger partial charge on any atom is 0.331 e. The fraction of sp³-hybridized carbons (Fsp3) is 0.816. The van der Waals surface area contributed by atoms with Crippen molar-refractivity contribution in [3.05, 3.63) is 0 Å². The number of hydroxylamine groups is 1. The number of Topliss-reactive ketones (excluding diaryl/α,β-unsaturated/α-hetero) is 1. The predicted molar refractivity (Wildman–Crippen MR) is 226 cm³/mol. The number of methoxy groups -OCH3 is 1. The Hall–Kier alpha value is -3.63. The SMILES string of the molecule is C.C.C.C.C.C.C.C.C.C.C.CNC(CNC(=O)CC(=O)NC(CC(C)C)C(=O)OCOC(=O)C(CC(C)C)NC(=O)CC(C)=O)C(=O)NOCCOC. The summed E-state index contributed by atoms with van der Waals surface area (Å²) in [4.78, 5) is 90.2. The number of ether oxygens (including phenoxy) is 3. The van der Waals surface area contributed by atoms with Crippen LogP contribution in [0.25, 0.3) is 0 Å². The minimum absolute atomic E-state index is 0. The number of carbonyl (C=O) groups is 7. The Morgan fingerprint density at radius 1 is 0.574 bits per heavy atom. The summed E-state index contributed by atoms with van der Waals surface area (Å²) in [6.45, 7) is 8.00. The number of amides is 4. The molecule has 0 aliphatic rings. The second kappa shape index (κ2) is 47.4. The minimum atomic E-state index is -1.14. The van der Waals surface area contributed by atoms with Crippen molar-refractivity contribution in [3.63, 3.8) is 0 Å². The molecule has 54 heavy (non-hydrogen) atoms. The lowest BCUT2D eigenvalue weighted by molar-refractivity contribution is -0.171. The van der Waals surface area contributed by atoms with Crippen molar-refractivity contribution >= 4 is 41.4 Å². The summed E-state index contributed by atoms with van der Waals surface area (Å²) >= 11 is 0. The zero-order valence-electron chi connectivity index (χ0n) is 26.0. The zero-order chi connectivity index (χ0) is 32.9. The third kappa shape index (κ3) is 41.1. The molecule has 0 spiro atoms. The van der Waals surface area contributed by atoms with Crippen molar-refractivity contribution in [1.29, 1.82) is 0 Å². The van der Waals surface area contributed by atoms with E-state index in [4.69, 9.17) is 19.0 Å². The number of rotatable bonds is 22. The largest absolute Gasteiger partial charge is 0.426 e. The van der Waals surface area contributed by atoms with E-state index < -0.39 is 66.9 Å². The zero-order valence-corrected chi connectivity index (χ0v) is 26.0. The van der Waals surface area contributed by atoms with E-state index in [0.717, 1.165) is 0 Å². The van der Waals surface area contributed by atoms with Gasteiger partial charge in [-0.25, -0.2) is 15.1 Å². The third-order valence-electron chi connectivity index (χ3n) is 5.52. The van der Waals surface area contributed by atoms with Gasteiger partial charge >= 0.3 is 11.9 Å². The molecule has 0 radical (unpaired) electrons. The van der Waals surface area contributed by atoms with Crippen molar-refractivity contribution in [2.75, 3.05) is 40.7 Å².